The molecule has 0 aromatic heterocycles. The molecule has 2 unspecified atom stereocenters. The highest BCUT2D eigenvalue weighted by molar-refractivity contribution is 8.00. The van der Waals surface area contributed by atoms with E-state index in [9.17, 15) is 9.59 Å². The fraction of sp³-hybridized carbons (Fsp3) is 0.818. The lowest BCUT2D eigenvalue weighted by Crippen LogP contribution is -2.48. The summed E-state index contributed by atoms with van der Waals surface area (Å²) in [6.45, 7) is 3.82. The van der Waals surface area contributed by atoms with Crippen molar-refractivity contribution in [3.63, 3.8) is 0 Å². The average molecular weight is 227 g/mol. The number of hydrogen-bond donors (Lipinski definition) is 0. The molecule has 2 rings (SSSR count). The Morgan fingerprint density at radius 3 is 2.93 bits per heavy atom. The molecular formula is C11H17NO2S. The van der Waals surface area contributed by atoms with Crippen LogP contribution in [0, 0.1) is 5.92 Å². The van der Waals surface area contributed by atoms with E-state index in [1.165, 1.54) is 0 Å². The molecule has 2 aliphatic rings. The lowest BCUT2D eigenvalue weighted by molar-refractivity contribution is -0.141. The van der Waals surface area contributed by atoms with Crippen LogP contribution in [0.4, 0.5) is 0 Å². The fourth-order valence-corrected chi connectivity index (χ4v) is 3.77. The van der Waals surface area contributed by atoms with E-state index in [2.05, 4.69) is 0 Å². The largest absolute Gasteiger partial charge is 0.320 e. The number of rotatable bonds is 2. The van der Waals surface area contributed by atoms with Crippen LogP contribution < -0.4 is 0 Å². The Morgan fingerprint density at radius 2 is 2.27 bits per heavy atom. The highest BCUT2D eigenvalue weighted by atomic mass is 32.2. The fourth-order valence-electron chi connectivity index (χ4n) is 2.28. The molecule has 0 radical (unpaired) electrons. The van der Waals surface area contributed by atoms with Crippen LogP contribution in [-0.2, 0) is 9.59 Å². The molecule has 0 aliphatic carbocycles. The molecule has 0 spiro atoms. The summed E-state index contributed by atoms with van der Waals surface area (Å²) < 4.78 is 0. The summed E-state index contributed by atoms with van der Waals surface area (Å²) in [7, 11) is 0. The van der Waals surface area contributed by atoms with Crippen molar-refractivity contribution in [2.45, 2.75) is 44.5 Å². The van der Waals surface area contributed by atoms with Gasteiger partial charge in [-0.2, -0.15) is 0 Å². The van der Waals surface area contributed by atoms with Crippen LogP contribution in [0.3, 0.4) is 0 Å². The monoisotopic (exact) mass is 227 g/mol. The van der Waals surface area contributed by atoms with Crippen LogP contribution in [0.15, 0.2) is 0 Å². The van der Waals surface area contributed by atoms with Crippen molar-refractivity contribution in [3.8, 4) is 0 Å². The maximum absolute atomic E-state index is 11.9. The summed E-state index contributed by atoms with van der Waals surface area (Å²) in [6, 6.07) is -0.146. The topological polar surface area (TPSA) is 37.4 Å². The molecule has 0 saturated carbocycles. The first kappa shape index (κ1) is 11.0. The number of ketones is 1. The van der Waals surface area contributed by atoms with Crippen molar-refractivity contribution in [2.24, 2.45) is 5.92 Å². The minimum absolute atomic E-state index is 0.0316. The van der Waals surface area contributed by atoms with Gasteiger partial charge in [0.25, 0.3) is 0 Å². The number of Topliss-reactive ketones (excluding diaryl/α,β-unsaturated/α-hetero) is 1. The minimum Gasteiger partial charge on any atom is -0.320 e. The Hall–Kier alpha value is -0.510. The maximum atomic E-state index is 11.9. The van der Waals surface area contributed by atoms with Gasteiger partial charge in [-0.15, -0.1) is 11.8 Å². The van der Waals surface area contributed by atoms with Gasteiger partial charge < -0.3 is 4.90 Å². The van der Waals surface area contributed by atoms with Crippen LogP contribution in [0.1, 0.15) is 33.1 Å². The summed E-state index contributed by atoms with van der Waals surface area (Å²) in [6.07, 6.45) is 2.66. The SMILES string of the molecule is CC(C)C(=O)C1CSC2CCCC(=O)N21. The molecular weight excluding hydrogens is 210 g/mol. The van der Waals surface area contributed by atoms with Crippen LogP contribution in [0.2, 0.25) is 0 Å². The zero-order chi connectivity index (χ0) is 11.0. The van der Waals surface area contributed by atoms with Crippen molar-refractivity contribution in [3.05, 3.63) is 0 Å². The second-order valence-electron chi connectivity index (χ2n) is 4.55. The maximum Gasteiger partial charge on any atom is 0.224 e. The predicted octanol–water partition coefficient (Wildman–Crippen LogP) is 1.67. The Labute approximate surface area is 94.6 Å². The van der Waals surface area contributed by atoms with Crippen molar-refractivity contribution < 1.29 is 9.59 Å². The molecule has 2 aliphatic heterocycles. The van der Waals surface area contributed by atoms with Crippen LogP contribution >= 0.6 is 11.8 Å². The molecule has 0 bridgehead atoms. The molecule has 2 fully saturated rings. The molecule has 1 amide bonds. The molecule has 2 saturated heterocycles. The van der Waals surface area contributed by atoms with Gasteiger partial charge in [0.1, 0.15) is 6.04 Å². The number of amides is 1. The van der Waals surface area contributed by atoms with Crippen molar-refractivity contribution in [1.82, 2.24) is 4.90 Å². The van der Waals surface area contributed by atoms with Gasteiger partial charge in [0, 0.05) is 18.1 Å². The Balaban J connectivity index is 2.14. The van der Waals surface area contributed by atoms with Crippen LogP contribution in [-0.4, -0.2) is 33.8 Å². The van der Waals surface area contributed by atoms with Gasteiger partial charge in [0.05, 0.1) is 5.37 Å². The second-order valence-corrected chi connectivity index (χ2v) is 5.76. The van der Waals surface area contributed by atoms with E-state index in [-0.39, 0.29) is 29.0 Å². The average Bonchev–Trinajstić information content (AvgIpc) is 2.61. The first-order valence-corrected chi connectivity index (χ1v) is 6.62. The van der Waals surface area contributed by atoms with Gasteiger partial charge >= 0.3 is 0 Å². The second kappa shape index (κ2) is 4.16. The third kappa shape index (κ3) is 1.92. The highest BCUT2D eigenvalue weighted by Crippen LogP contribution is 2.37. The van der Waals surface area contributed by atoms with Gasteiger partial charge in [-0.25, -0.2) is 0 Å². The van der Waals surface area contributed by atoms with Crippen LogP contribution in [0.5, 0.6) is 0 Å². The van der Waals surface area contributed by atoms with E-state index in [1.54, 1.807) is 11.8 Å². The van der Waals surface area contributed by atoms with E-state index >= 15 is 0 Å². The molecule has 0 aromatic rings. The first-order valence-electron chi connectivity index (χ1n) is 5.57. The number of nitrogens with zero attached hydrogens (tertiary/aromatic N) is 1. The molecule has 15 heavy (non-hydrogen) atoms. The molecule has 2 heterocycles. The Kier molecular flexibility index (Phi) is 3.05. The predicted molar refractivity (Wildman–Crippen MR) is 60.6 cm³/mol. The number of thioether (sulfide) groups is 1. The third-order valence-electron chi connectivity index (χ3n) is 3.12. The molecule has 2 atom stereocenters. The highest BCUT2D eigenvalue weighted by Gasteiger charge is 2.43. The number of fused-ring (bicyclic) bond motifs is 1. The Bertz CT molecular complexity index is 290. The smallest absolute Gasteiger partial charge is 0.224 e. The quantitative estimate of drug-likeness (QED) is 0.720. The zero-order valence-corrected chi connectivity index (χ0v) is 10.0. The summed E-state index contributed by atoms with van der Waals surface area (Å²) in [5, 5.41) is 0.277. The van der Waals surface area contributed by atoms with E-state index in [1.807, 2.05) is 18.7 Å². The van der Waals surface area contributed by atoms with Gasteiger partial charge in [0.2, 0.25) is 5.91 Å². The number of piperidine rings is 1. The number of carbonyl (C=O) groups is 2. The standard InChI is InChI=1S/C11H17NO2S/c1-7(2)11(14)8-6-15-10-5-3-4-9(13)12(8)10/h7-8,10H,3-6H2,1-2H3. The lowest BCUT2D eigenvalue weighted by atomic mass is 9.99. The van der Waals surface area contributed by atoms with E-state index < -0.39 is 0 Å². The molecule has 4 heteroatoms. The summed E-state index contributed by atoms with van der Waals surface area (Å²) in [4.78, 5) is 25.6. The summed E-state index contributed by atoms with van der Waals surface area (Å²) in [5.74, 6) is 1.23. The number of hydrogen-bond acceptors (Lipinski definition) is 3. The van der Waals surface area contributed by atoms with E-state index in [0.717, 1.165) is 18.6 Å². The van der Waals surface area contributed by atoms with Crippen molar-refractivity contribution in [2.75, 3.05) is 5.75 Å². The van der Waals surface area contributed by atoms with Gasteiger partial charge in [-0.05, 0) is 12.8 Å². The third-order valence-corrected chi connectivity index (χ3v) is 4.48. The van der Waals surface area contributed by atoms with E-state index in [4.69, 9.17) is 0 Å². The molecule has 3 nitrogen and oxygen atoms in total. The molecule has 0 N–H and O–H groups in total. The summed E-state index contributed by atoms with van der Waals surface area (Å²) in [5.41, 5.74) is 0. The minimum atomic E-state index is -0.146. The Morgan fingerprint density at radius 1 is 1.53 bits per heavy atom. The normalized spacial score (nSPS) is 30.9. The number of carbonyl (C=O) groups excluding carboxylic acids is 2. The first-order chi connectivity index (χ1) is 7.11. The summed E-state index contributed by atoms with van der Waals surface area (Å²) >= 11 is 1.77. The van der Waals surface area contributed by atoms with E-state index in [0.29, 0.717) is 6.42 Å². The van der Waals surface area contributed by atoms with Gasteiger partial charge in [-0.3, -0.25) is 9.59 Å². The van der Waals surface area contributed by atoms with Crippen molar-refractivity contribution in [1.29, 1.82) is 0 Å². The molecule has 0 aromatic carbocycles. The van der Waals surface area contributed by atoms with Crippen LogP contribution in [0.25, 0.3) is 0 Å². The lowest BCUT2D eigenvalue weighted by Gasteiger charge is -2.32. The van der Waals surface area contributed by atoms with Crippen molar-refractivity contribution >= 4 is 23.5 Å². The zero-order valence-electron chi connectivity index (χ0n) is 9.23. The van der Waals surface area contributed by atoms with Gasteiger partial charge in [0.15, 0.2) is 5.78 Å². The molecule has 84 valence electrons. The van der Waals surface area contributed by atoms with Gasteiger partial charge in [-0.1, -0.05) is 13.8 Å².